The van der Waals surface area contributed by atoms with Crippen LogP contribution in [0.4, 0.5) is 0 Å². The second-order valence-electron chi connectivity index (χ2n) is 13.2. The third-order valence-electron chi connectivity index (χ3n) is 5.22. The van der Waals surface area contributed by atoms with Gasteiger partial charge in [0, 0.05) is 13.1 Å². The van der Waals surface area contributed by atoms with Crippen molar-refractivity contribution in [2.45, 2.75) is 91.7 Å². The normalized spacial score (nSPS) is 16.5. The maximum absolute atomic E-state index is 11.9. The number of piperidine rings is 1. The molecule has 0 bridgehead atoms. The Morgan fingerprint density at radius 2 is 1.30 bits per heavy atom. The molecular weight excluding hydrogens is 428 g/mol. The molecule has 4 nitrogen and oxygen atoms in total. The summed E-state index contributed by atoms with van der Waals surface area (Å²) in [4.78, 5) is 5.21. The number of rotatable bonds is 3. The Labute approximate surface area is 207 Å². The number of benzene rings is 1. The number of hydrogen-bond donors (Lipinski definition) is 0. The Morgan fingerprint density at radius 1 is 0.848 bits per heavy atom. The third-order valence-corrected chi connectivity index (χ3v) is 7.73. The summed E-state index contributed by atoms with van der Waals surface area (Å²) in [6, 6.07) is 8.53. The van der Waals surface area contributed by atoms with Crippen molar-refractivity contribution in [1.29, 1.82) is 0 Å². The predicted molar refractivity (Wildman–Crippen MR) is 146 cm³/mol. The molecule has 194 valence electrons. The van der Waals surface area contributed by atoms with E-state index in [1.807, 2.05) is 6.07 Å². The Balaban J connectivity index is 0.000000480. The van der Waals surface area contributed by atoms with Crippen molar-refractivity contribution < 1.29 is 8.42 Å². The van der Waals surface area contributed by atoms with E-state index in [0.29, 0.717) is 15.7 Å². The van der Waals surface area contributed by atoms with Crippen LogP contribution in [0, 0.1) is 16.7 Å². The molecule has 0 N–H and O–H groups in total. The maximum atomic E-state index is 11.9. The van der Waals surface area contributed by atoms with Gasteiger partial charge in [-0.3, -0.25) is 0 Å². The first-order valence-electron chi connectivity index (χ1n) is 12.4. The lowest BCUT2D eigenvalue weighted by atomic mass is 9.93. The number of sulfone groups is 1. The monoisotopic (exact) mass is 482 g/mol. The molecule has 0 radical (unpaired) electrons. The fourth-order valence-electron chi connectivity index (χ4n) is 3.79. The average Bonchev–Trinajstić information content (AvgIpc) is 2.61. The smallest absolute Gasteiger partial charge is 0.183 e. The molecule has 0 saturated carbocycles. The van der Waals surface area contributed by atoms with Crippen molar-refractivity contribution in [2.24, 2.45) is 16.7 Å². The highest BCUT2D eigenvalue weighted by molar-refractivity contribution is 7.92. The van der Waals surface area contributed by atoms with Crippen molar-refractivity contribution in [3.05, 3.63) is 30.3 Å². The molecule has 1 heterocycles. The summed E-state index contributed by atoms with van der Waals surface area (Å²) in [7, 11) is 1.03. The Morgan fingerprint density at radius 3 is 1.61 bits per heavy atom. The molecule has 1 aliphatic heterocycles. The van der Waals surface area contributed by atoms with E-state index >= 15 is 0 Å². The topological polar surface area (TPSA) is 40.6 Å². The lowest BCUT2D eigenvalue weighted by Crippen LogP contribution is -2.38. The molecule has 0 amide bonds. The Hall–Kier alpha value is -0.910. The third kappa shape index (κ3) is 14.9. The van der Waals surface area contributed by atoms with Crippen LogP contribution in [-0.2, 0) is 9.84 Å². The summed E-state index contributed by atoms with van der Waals surface area (Å²) in [6.45, 7) is 26.2. The van der Waals surface area contributed by atoms with Gasteiger partial charge in [0.05, 0.1) is 9.64 Å². The maximum Gasteiger partial charge on any atom is 0.183 e. The standard InChI is InChI=1S/C11H23N.C10H14O2S.C7H17N/c1-10-5-7-12(8-6-10)9-11(2,3)4;1-10(2,3)13(11,12)9-7-5-4-6-8-9;1-7(2,3)6-8(4)5/h10H,5-9H2,1-4H3;4-8H,1-3H3;6H2,1-5H3. The molecule has 2 rings (SSSR count). The van der Waals surface area contributed by atoms with Crippen LogP contribution in [0.15, 0.2) is 35.2 Å². The van der Waals surface area contributed by atoms with E-state index in [4.69, 9.17) is 0 Å². The van der Waals surface area contributed by atoms with Gasteiger partial charge in [0.25, 0.3) is 0 Å². The van der Waals surface area contributed by atoms with E-state index in [1.165, 1.54) is 32.5 Å². The lowest BCUT2D eigenvalue weighted by molar-refractivity contribution is 0.141. The van der Waals surface area contributed by atoms with E-state index in [9.17, 15) is 8.42 Å². The highest BCUT2D eigenvalue weighted by Crippen LogP contribution is 2.24. The predicted octanol–water partition coefficient (Wildman–Crippen LogP) is 6.62. The zero-order chi connectivity index (χ0) is 26.1. The van der Waals surface area contributed by atoms with Gasteiger partial charge in [0.1, 0.15) is 0 Å². The molecule has 1 aliphatic rings. The van der Waals surface area contributed by atoms with E-state index in [1.54, 1.807) is 45.0 Å². The molecule has 0 aromatic heterocycles. The number of hydrogen-bond acceptors (Lipinski definition) is 4. The zero-order valence-corrected chi connectivity index (χ0v) is 24.6. The zero-order valence-electron chi connectivity index (χ0n) is 23.8. The molecule has 1 saturated heterocycles. The molecule has 5 heteroatoms. The van der Waals surface area contributed by atoms with E-state index in [0.717, 1.165) is 12.5 Å². The average molecular weight is 483 g/mol. The van der Waals surface area contributed by atoms with Crippen molar-refractivity contribution in [3.63, 3.8) is 0 Å². The van der Waals surface area contributed by atoms with Crippen LogP contribution in [0.3, 0.4) is 0 Å². The SMILES string of the molecule is CC(C)(C)S(=O)(=O)c1ccccc1.CC1CCN(CC(C)(C)C)CC1.CN(C)CC(C)(C)C. The summed E-state index contributed by atoms with van der Waals surface area (Å²) < 4.78 is 23.0. The molecule has 0 atom stereocenters. The van der Waals surface area contributed by atoms with E-state index < -0.39 is 14.6 Å². The van der Waals surface area contributed by atoms with E-state index in [2.05, 4.69) is 72.4 Å². The molecule has 1 aromatic carbocycles. The summed E-state index contributed by atoms with van der Waals surface area (Å²) in [6.07, 6.45) is 2.80. The van der Waals surface area contributed by atoms with Crippen molar-refractivity contribution in [1.82, 2.24) is 9.80 Å². The first kappa shape index (κ1) is 32.1. The van der Waals surface area contributed by atoms with Crippen molar-refractivity contribution in [3.8, 4) is 0 Å². The van der Waals surface area contributed by atoms with Crippen LogP contribution in [-0.4, -0.2) is 63.2 Å². The molecule has 33 heavy (non-hydrogen) atoms. The fourth-order valence-corrected chi connectivity index (χ4v) is 5.02. The number of nitrogens with zero attached hydrogens (tertiary/aromatic N) is 2. The van der Waals surface area contributed by atoms with E-state index in [-0.39, 0.29) is 0 Å². The Kier molecular flexibility index (Phi) is 12.9. The molecule has 1 aromatic rings. The second kappa shape index (κ2) is 13.3. The number of likely N-dealkylation sites (tertiary alicyclic amines) is 1. The molecule has 0 aliphatic carbocycles. The molecule has 0 spiro atoms. The van der Waals surface area contributed by atoms with Gasteiger partial charge in [-0.2, -0.15) is 0 Å². The summed E-state index contributed by atoms with van der Waals surface area (Å²) in [5, 5.41) is 0. The minimum absolute atomic E-state index is 0.391. The molecular formula is C28H54N2O2S. The van der Waals surface area contributed by atoms with Gasteiger partial charge < -0.3 is 9.80 Å². The van der Waals surface area contributed by atoms with Crippen LogP contribution in [0.5, 0.6) is 0 Å². The van der Waals surface area contributed by atoms with Crippen LogP contribution in [0.25, 0.3) is 0 Å². The first-order chi connectivity index (χ1) is 14.7. The highest BCUT2D eigenvalue weighted by atomic mass is 32.2. The van der Waals surface area contributed by atoms with Crippen LogP contribution in [0.2, 0.25) is 0 Å². The largest absolute Gasteiger partial charge is 0.309 e. The van der Waals surface area contributed by atoms with Crippen molar-refractivity contribution in [2.75, 3.05) is 40.3 Å². The lowest BCUT2D eigenvalue weighted by Gasteiger charge is -2.34. The van der Waals surface area contributed by atoms with Crippen LogP contribution < -0.4 is 0 Å². The van der Waals surface area contributed by atoms with Gasteiger partial charge in [-0.25, -0.2) is 8.42 Å². The van der Waals surface area contributed by atoms with Gasteiger partial charge in [0.15, 0.2) is 9.84 Å². The van der Waals surface area contributed by atoms with Crippen LogP contribution in [0.1, 0.15) is 82.1 Å². The molecule has 0 unspecified atom stereocenters. The second-order valence-corrected chi connectivity index (χ2v) is 15.9. The highest BCUT2D eigenvalue weighted by Gasteiger charge is 2.30. The van der Waals surface area contributed by atoms with Gasteiger partial charge in [-0.05, 0) is 89.7 Å². The fraction of sp³-hybridized carbons (Fsp3) is 0.786. The van der Waals surface area contributed by atoms with Gasteiger partial charge in [-0.1, -0.05) is 66.7 Å². The minimum atomic E-state index is -3.18. The quantitative estimate of drug-likeness (QED) is 0.485. The van der Waals surface area contributed by atoms with Crippen LogP contribution >= 0.6 is 0 Å². The van der Waals surface area contributed by atoms with Gasteiger partial charge >= 0.3 is 0 Å². The van der Waals surface area contributed by atoms with Gasteiger partial charge in [-0.15, -0.1) is 0 Å². The first-order valence-corrected chi connectivity index (χ1v) is 13.9. The summed E-state index contributed by atoms with van der Waals surface area (Å²) >= 11 is 0. The summed E-state index contributed by atoms with van der Waals surface area (Å²) in [5.41, 5.74) is 0.921. The van der Waals surface area contributed by atoms with Gasteiger partial charge in [0.2, 0.25) is 0 Å². The minimum Gasteiger partial charge on any atom is -0.309 e. The molecule has 1 fully saturated rings. The Bertz CT molecular complexity index is 744. The summed E-state index contributed by atoms with van der Waals surface area (Å²) in [5.74, 6) is 0.959. The van der Waals surface area contributed by atoms with Crippen molar-refractivity contribution >= 4 is 9.84 Å².